The zero-order chi connectivity index (χ0) is 16.5. The maximum atomic E-state index is 11.4. The number of isothiocyanates is 1. The Labute approximate surface area is 138 Å². The monoisotopic (exact) mass is 326 g/mol. The van der Waals surface area contributed by atoms with Gasteiger partial charge in [-0.25, -0.2) is 9.78 Å². The van der Waals surface area contributed by atoms with Crippen LogP contribution in [0.25, 0.3) is 0 Å². The molecule has 23 heavy (non-hydrogen) atoms. The van der Waals surface area contributed by atoms with Gasteiger partial charge in [0.15, 0.2) is 0 Å². The van der Waals surface area contributed by atoms with E-state index in [0.29, 0.717) is 17.2 Å². The lowest BCUT2D eigenvalue weighted by atomic mass is 10.3. The maximum Gasteiger partial charge on any atom is 0.411 e. The second-order valence-electron chi connectivity index (χ2n) is 4.32. The van der Waals surface area contributed by atoms with Crippen molar-refractivity contribution in [1.29, 1.82) is 0 Å². The Morgan fingerprint density at radius 1 is 1.30 bits per heavy atom. The Kier molecular flexibility index (Phi) is 5.99. The van der Waals surface area contributed by atoms with E-state index in [1.807, 2.05) is 12.1 Å². The topological polar surface area (TPSA) is 75.6 Å². The van der Waals surface area contributed by atoms with Gasteiger partial charge in [0.25, 0.3) is 0 Å². The first-order chi connectivity index (χ1) is 11.2. The van der Waals surface area contributed by atoms with E-state index in [1.165, 1.54) is 6.08 Å². The average molecular weight is 326 g/mol. The minimum absolute atomic E-state index is 0.167. The number of aromatic nitrogens is 1. The Morgan fingerprint density at radius 2 is 2.04 bits per heavy atom. The first-order valence-corrected chi connectivity index (χ1v) is 7.08. The average Bonchev–Trinajstić information content (AvgIpc) is 2.57. The van der Waals surface area contributed by atoms with E-state index >= 15 is 0 Å². The Bertz CT molecular complexity index is 723. The van der Waals surface area contributed by atoms with E-state index in [0.717, 1.165) is 5.69 Å². The lowest BCUT2D eigenvalue weighted by Gasteiger charge is -2.08. The summed E-state index contributed by atoms with van der Waals surface area (Å²) in [7, 11) is 0. The number of hydrogen-bond acceptors (Lipinski definition) is 6. The first-order valence-electron chi connectivity index (χ1n) is 6.67. The highest BCUT2D eigenvalue weighted by molar-refractivity contribution is 7.78. The summed E-state index contributed by atoms with van der Waals surface area (Å²) in [5.74, 6) is 0.666. The standard InChI is InChI=1S/C16H14N4O2S/c1-2-9-22-16(21)20-13-5-3-12(4-6-13)19-15-8-7-14(10-17-15)18-11-23/h2-8,10H,1,9H2,(H,17,19)(H,20,21). The summed E-state index contributed by atoms with van der Waals surface area (Å²) < 4.78 is 4.84. The van der Waals surface area contributed by atoms with Crippen LogP contribution in [0.5, 0.6) is 0 Å². The van der Waals surface area contributed by atoms with Gasteiger partial charge in [-0.05, 0) is 48.6 Å². The predicted molar refractivity (Wildman–Crippen MR) is 93.8 cm³/mol. The molecule has 0 unspecified atom stereocenters. The van der Waals surface area contributed by atoms with Crippen LogP contribution in [0.3, 0.4) is 0 Å². The van der Waals surface area contributed by atoms with Crippen LogP contribution in [0.4, 0.5) is 27.7 Å². The normalized spacial score (nSPS) is 9.39. The lowest BCUT2D eigenvalue weighted by Crippen LogP contribution is -2.13. The predicted octanol–water partition coefficient (Wildman–Crippen LogP) is 4.29. The summed E-state index contributed by atoms with van der Waals surface area (Å²) in [6, 6.07) is 10.7. The molecule has 0 saturated carbocycles. The highest BCUT2D eigenvalue weighted by atomic mass is 32.1. The van der Waals surface area contributed by atoms with E-state index in [9.17, 15) is 4.79 Å². The van der Waals surface area contributed by atoms with Gasteiger partial charge in [0.2, 0.25) is 0 Å². The molecule has 0 spiro atoms. The van der Waals surface area contributed by atoms with Crippen LogP contribution in [-0.4, -0.2) is 22.8 Å². The third-order valence-corrected chi connectivity index (χ3v) is 2.75. The molecule has 0 radical (unpaired) electrons. The minimum atomic E-state index is -0.526. The number of nitrogens with one attached hydrogen (secondary N) is 2. The number of benzene rings is 1. The molecule has 116 valence electrons. The first kappa shape index (κ1) is 16.4. The molecule has 0 saturated heterocycles. The Morgan fingerprint density at radius 3 is 2.65 bits per heavy atom. The van der Waals surface area contributed by atoms with Crippen molar-refractivity contribution >= 4 is 46.4 Å². The molecule has 0 atom stereocenters. The zero-order valence-corrected chi connectivity index (χ0v) is 13.0. The van der Waals surface area contributed by atoms with E-state index in [2.05, 4.69) is 44.6 Å². The number of aliphatic imine (C=N–C) groups is 1. The molecule has 1 heterocycles. The summed E-state index contributed by atoms with van der Waals surface area (Å²) in [5, 5.41) is 8.02. The van der Waals surface area contributed by atoms with Crippen molar-refractivity contribution in [3.8, 4) is 0 Å². The van der Waals surface area contributed by atoms with Crippen molar-refractivity contribution in [2.24, 2.45) is 4.99 Å². The van der Waals surface area contributed by atoms with Gasteiger partial charge in [0.1, 0.15) is 12.4 Å². The molecule has 2 rings (SSSR count). The summed E-state index contributed by atoms with van der Waals surface area (Å²) in [6.45, 7) is 3.64. The van der Waals surface area contributed by atoms with Crippen LogP contribution < -0.4 is 10.6 Å². The molecule has 0 bridgehead atoms. The number of hydrogen-bond donors (Lipinski definition) is 2. The van der Waals surface area contributed by atoms with Crippen LogP contribution >= 0.6 is 12.2 Å². The third kappa shape index (κ3) is 5.35. The quantitative estimate of drug-likeness (QED) is 0.470. The van der Waals surface area contributed by atoms with E-state index in [1.54, 1.807) is 30.5 Å². The molecular weight excluding hydrogens is 312 g/mol. The number of thiocarbonyl (C=S) groups is 1. The maximum absolute atomic E-state index is 11.4. The number of ether oxygens (including phenoxy) is 1. The molecule has 0 aliphatic carbocycles. The number of pyridine rings is 1. The fourth-order valence-corrected chi connectivity index (χ4v) is 1.76. The second kappa shape index (κ2) is 8.43. The Balaban J connectivity index is 1.95. The molecule has 1 aromatic heterocycles. The van der Waals surface area contributed by atoms with Crippen LogP contribution in [0.1, 0.15) is 0 Å². The van der Waals surface area contributed by atoms with Crippen molar-refractivity contribution in [2.45, 2.75) is 0 Å². The summed E-state index contributed by atoms with van der Waals surface area (Å²) in [4.78, 5) is 19.4. The smallest absolute Gasteiger partial charge is 0.411 e. The zero-order valence-electron chi connectivity index (χ0n) is 12.2. The molecule has 7 heteroatoms. The molecular formula is C16H14N4O2S. The number of carbonyl (C=O) groups is 1. The van der Waals surface area contributed by atoms with E-state index in [-0.39, 0.29) is 6.61 Å². The number of nitrogens with zero attached hydrogens (tertiary/aromatic N) is 2. The highest BCUT2D eigenvalue weighted by Crippen LogP contribution is 2.19. The van der Waals surface area contributed by atoms with Crippen molar-refractivity contribution in [1.82, 2.24) is 4.98 Å². The number of anilines is 3. The van der Waals surface area contributed by atoms with Crippen LogP contribution in [-0.2, 0) is 4.74 Å². The van der Waals surface area contributed by atoms with E-state index in [4.69, 9.17) is 4.74 Å². The minimum Gasteiger partial charge on any atom is -0.445 e. The fourth-order valence-electron chi connectivity index (χ4n) is 1.65. The lowest BCUT2D eigenvalue weighted by molar-refractivity contribution is 0.174. The summed E-state index contributed by atoms with van der Waals surface area (Å²) >= 11 is 4.53. The van der Waals surface area contributed by atoms with Gasteiger partial charge in [0.05, 0.1) is 17.0 Å². The highest BCUT2D eigenvalue weighted by Gasteiger charge is 2.02. The molecule has 1 amide bonds. The molecule has 6 nitrogen and oxygen atoms in total. The van der Waals surface area contributed by atoms with Crippen molar-refractivity contribution in [2.75, 3.05) is 17.2 Å². The SMILES string of the molecule is C=CCOC(=O)Nc1ccc(Nc2ccc(N=C=S)cn2)cc1. The van der Waals surface area contributed by atoms with Gasteiger partial charge < -0.3 is 10.1 Å². The molecule has 0 aliphatic heterocycles. The van der Waals surface area contributed by atoms with Crippen LogP contribution in [0.15, 0.2) is 60.2 Å². The van der Waals surface area contributed by atoms with Crippen molar-refractivity contribution in [3.05, 3.63) is 55.3 Å². The van der Waals surface area contributed by atoms with Crippen LogP contribution in [0, 0.1) is 0 Å². The summed E-state index contributed by atoms with van der Waals surface area (Å²) in [6.07, 6.45) is 2.57. The van der Waals surface area contributed by atoms with Gasteiger partial charge in [-0.1, -0.05) is 12.7 Å². The molecule has 0 fully saturated rings. The summed E-state index contributed by atoms with van der Waals surface area (Å²) in [5.41, 5.74) is 2.10. The second-order valence-corrected chi connectivity index (χ2v) is 4.50. The Hall–Kier alpha value is -3.02. The fraction of sp³-hybridized carbons (Fsp3) is 0.0625. The van der Waals surface area contributed by atoms with Gasteiger partial charge in [-0.3, -0.25) is 5.32 Å². The number of amides is 1. The number of carbonyl (C=O) groups excluding carboxylic acids is 1. The molecule has 0 aliphatic rings. The number of rotatable bonds is 6. The van der Waals surface area contributed by atoms with Gasteiger partial charge in [-0.15, -0.1) is 0 Å². The van der Waals surface area contributed by atoms with Crippen molar-refractivity contribution in [3.63, 3.8) is 0 Å². The molecule has 2 aromatic rings. The van der Waals surface area contributed by atoms with Crippen LogP contribution in [0.2, 0.25) is 0 Å². The third-order valence-electron chi connectivity index (χ3n) is 2.66. The van der Waals surface area contributed by atoms with Gasteiger partial charge >= 0.3 is 6.09 Å². The molecule has 2 N–H and O–H groups in total. The largest absolute Gasteiger partial charge is 0.445 e. The van der Waals surface area contributed by atoms with E-state index < -0.39 is 6.09 Å². The van der Waals surface area contributed by atoms with Crippen molar-refractivity contribution < 1.29 is 9.53 Å². The van der Waals surface area contributed by atoms with Gasteiger partial charge in [-0.2, -0.15) is 4.99 Å². The molecule has 1 aromatic carbocycles. The van der Waals surface area contributed by atoms with Gasteiger partial charge in [0, 0.05) is 11.4 Å².